The summed E-state index contributed by atoms with van der Waals surface area (Å²) in [5.41, 5.74) is 2.06. The Kier molecular flexibility index (Phi) is 4.36. The Morgan fingerprint density at radius 1 is 1.19 bits per heavy atom. The quantitative estimate of drug-likeness (QED) is 0.795. The van der Waals surface area contributed by atoms with Gasteiger partial charge in [0.05, 0.1) is 6.54 Å². The molecule has 2 aromatic carbocycles. The van der Waals surface area contributed by atoms with Crippen LogP contribution in [-0.2, 0) is 16.8 Å². The zero-order valence-electron chi connectivity index (χ0n) is 15.1. The first-order valence-corrected chi connectivity index (χ1v) is 9.10. The Bertz CT molecular complexity index is 880. The summed E-state index contributed by atoms with van der Waals surface area (Å²) in [6.07, 6.45) is 0.325. The lowest BCUT2D eigenvalue weighted by Crippen LogP contribution is -2.43. The number of aliphatic hydroxyl groups excluding tert-OH is 1. The maximum Gasteiger partial charge on any atom is 0.325 e. The topological polar surface area (TPSA) is 78.9 Å². The Balaban J connectivity index is 1.43. The number of fused-ring (bicyclic) bond motifs is 2. The molecule has 2 aliphatic rings. The van der Waals surface area contributed by atoms with Gasteiger partial charge < -0.3 is 15.2 Å². The summed E-state index contributed by atoms with van der Waals surface area (Å²) in [6, 6.07) is 14.7. The lowest BCUT2D eigenvalue weighted by Gasteiger charge is -2.23. The van der Waals surface area contributed by atoms with Gasteiger partial charge in [-0.1, -0.05) is 42.0 Å². The fourth-order valence-corrected chi connectivity index (χ4v) is 3.85. The second kappa shape index (κ2) is 6.70. The molecule has 1 aliphatic carbocycles. The molecule has 0 aromatic heterocycles. The number of urea groups is 1. The van der Waals surface area contributed by atoms with E-state index in [0.717, 1.165) is 28.0 Å². The van der Waals surface area contributed by atoms with Crippen LogP contribution in [0.4, 0.5) is 4.79 Å². The van der Waals surface area contributed by atoms with Crippen molar-refractivity contribution < 1.29 is 19.4 Å². The van der Waals surface area contributed by atoms with Gasteiger partial charge in [0.1, 0.15) is 24.0 Å². The molecule has 6 nitrogen and oxygen atoms in total. The lowest BCUT2D eigenvalue weighted by molar-refractivity contribution is -0.132. The van der Waals surface area contributed by atoms with Crippen molar-refractivity contribution in [1.82, 2.24) is 10.2 Å². The molecule has 1 aliphatic heterocycles. The number of carbonyl (C=O) groups is 2. The largest absolute Gasteiger partial charge is 0.491 e. The van der Waals surface area contributed by atoms with E-state index < -0.39 is 17.7 Å². The van der Waals surface area contributed by atoms with Gasteiger partial charge in [0.2, 0.25) is 0 Å². The number of aryl methyl sites for hydroxylation is 2. The molecule has 6 heteroatoms. The summed E-state index contributed by atoms with van der Waals surface area (Å²) in [5.74, 6) is 0.338. The summed E-state index contributed by atoms with van der Waals surface area (Å²) < 4.78 is 5.56. The molecule has 1 heterocycles. The van der Waals surface area contributed by atoms with Crippen molar-refractivity contribution >= 4 is 11.9 Å². The van der Waals surface area contributed by atoms with E-state index in [-0.39, 0.29) is 19.1 Å². The van der Waals surface area contributed by atoms with Crippen molar-refractivity contribution in [3.8, 4) is 5.75 Å². The normalized spacial score (nSPS) is 22.1. The molecule has 1 spiro atoms. The highest BCUT2D eigenvalue weighted by Crippen LogP contribution is 2.41. The second-order valence-electron chi connectivity index (χ2n) is 7.19. The lowest BCUT2D eigenvalue weighted by atomic mass is 9.92. The SMILES string of the molecule is Cc1ccc(OC[C@@H](O)CN2C(=O)N[C@]3(CCc4ccccc43)C2=O)cc1. The van der Waals surface area contributed by atoms with Gasteiger partial charge in [-0.2, -0.15) is 0 Å². The van der Waals surface area contributed by atoms with Crippen molar-refractivity contribution in [2.24, 2.45) is 0 Å². The third kappa shape index (κ3) is 3.06. The number of rotatable bonds is 5. The number of amides is 3. The number of imide groups is 1. The van der Waals surface area contributed by atoms with Crippen LogP contribution in [0.5, 0.6) is 5.75 Å². The van der Waals surface area contributed by atoms with Crippen LogP contribution < -0.4 is 10.1 Å². The maximum atomic E-state index is 13.0. The monoisotopic (exact) mass is 366 g/mol. The fourth-order valence-electron chi connectivity index (χ4n) is 3.85. The Labute approximate surface area is 157 Å². The van der Waals surface area contributed by atoms with Gasteiger partial charge >= 0.3 is 6.03 Å². The maximum absolute atomic E-state index is 13.0. The number of carbonyl (C=O) groups excluding carboxylic acids is 2. The third-order valence-corrected chi connectivity index (χ3v) is 5.28. The molecule has 0 bridgehead atoms. The Hall–Kier alpha value is -2.86. The standard InChI is InChI=1S/C21H22N2O4/c1-14-6-8-17(9-7-14)27-13-16(24)12-23-19(25)21(22-20(23)26)11-10-15-4-2-3-5-18(15)21/h2-9,16,24H,10-13H2,1H3,(H,22,26)/t16-,21-/m0/s1. The fraction of sp³-hybridized carbons (Fsp3) is 0.333. The number of benzene rings is 2. The number of hydrogen-bond donors (Lipinski definition) is 2. The first-order chi connectivity index (χ1) is 13.0. The van der Waals surface area contributed by atoms with Gasteiger partial charge in [-0.05, 0) is 43.0 Å². The molecule has 0 saturated carbocycles. The van der Waals surface area contributed by atoms with E-state index in [2.05, 4.69) is 5.32 Å². The van der Waals surface area contributed by atoms with Gasteiger partial charge in [0, 0.05) is 0 Å². The van der Waals surface area contributed by atoms with Crippen LogP contribution in [0.15, 0.2) is 48.5 Å². The molecule has 2 N–H and O–H groups in total. The Morgan fingerprint density at radius 3 is 2.70 bits per heavy atom. The first-order valence-electron chi connectivity index (χ1n) is 9.10. The first kappa shape index (κ1) is 17.5. The van der Waals surface area contributed by atoms with Crippen molar-refractivity contribution in [3.63, 3.8) is 0 Å². The molecule has 4 rings (SSSR count). The molecule has 1 saturated heterocycles. The van der Waals surface area contributed by atoms with Crippen LogP contribution in [0.3, 0.4) is 0 Å². The summed E-state index contributed by atoms with van der Waals surface area (Å²) in [4.78, 5) is 26.6. The number of ether oxygens (including phenoxy) is 1. The van der Waals surface area contributed by atoms with E-state index in [1.54, 1.807) is 0 Å². The van der Waals surface area contributed by atoms with Gasteiger partial charge in [-0.25, -0.2) is 4.79 Å². The minimum atomic E-state index is -0.995. The highest BCUT2D eigenvalue weighted by molar-refractivity contribution is 6.08. The Morgan fingerprint density at radius 2 is 1.93 bits per heavy atom. The van der Waals surface area contributed by atoms with E-state index >= 15 is 0 Å². The highest BCUT2D eigenvalue weighted by atomic mass is 16.5. The zero-order valence-corrected chi connectivity index (χ0v) is 15.1. The number of β-amino-alcohol motifs (C(OH)–C–C–N with tert-alkyl or cyclic N) is 1. The van der Waals surface area contributed by atoms with E-state index in [9.17, 15) is 14.7 Å². The van der Waals surface area contributed by atoms with Crippen LogP contribution in [0, 0.1) is 6.92 Å². The predicted octanol–water partition coefficient (Wildman–Crippen LogP) is 2.13. The second-order valence-corrected chi connectivity index (χ2v) is 7.19. The van der Waals surface area contributed by atoms with Crippen molar-refractivity contribution in [2.45, 2.75) is 31.4 Å². The number of aliphatic hydroxyl groups is 1. The molecule has 0 radical (unpaired) electrons. The van der Waals surface area contributed by atoms with E-state index in [1.807, 2.05) is 55.5 Å². The summed E-state index contributed by atoms with van der Waals surface area (Å²) in [7, 11) is 0. The molecule has 140 valence electrons. The van der Waals surface area contributed by atoms with Gasteiger partial charge in [-0.15, -0.1) is 0 Å². The van der Waals surface area contributed by atoms with E-state index in [0.29, 0.717) is 12.2 Å². The smallest absolute Gasteiger partial charge is 0.325 e. The summed E-state index contributed by atoms with van der Waals surface area (Å²) >= 11 is 0. The van der Waals surface area contributed by atoms with E-state index in [4.69, 9.17) is 4.74 Å². The zero-order chi connectivity index (χ0) is 19.0. The molecular weight excluding hydrogens is 344 g/mol. The molecular formula is C21H22N2O4. The molecule has 0 unspecified atom stereocenters. The van der Waals surface area contributed by atoms with Crippen LogP contribution in [0.1, 0.15) is 23.1 Å². The molecule has 27 heavy (non-hydrogen) atoms. The highest BCUT2D eigenvalue weighted by Gasteiger charge is 2.55. The van der Waals surface area contributed by atoms with E-state index in [1.165, 1.54) is 0 Å². The van der Waals surface area contributed by atoms with Gasteiger partial charge in [0.15, 0.2) is 0 Å². The molecule has 2 atom stereocenters. The van der Waals surface area contributed by atoms with Crippen molar-refractivity contribution in [2.75, 3.05) is 13.2 Å². The van der Waals surface area contributed by atoms with Gasteiger partial charge in [-0.3, -0.25) is 9.69 Å². The third-order valence-electron chi connectivity index (χ3n) is 5.28. The van der Waals surface area contributed by atoms with Crippen molar-refractivity contribution in [3.05, 3.63) is 65.2 Å². The predicted molar refractivity (Wildman–Crippen MR) is 99.4 cm³/mol. The average Bonchev–Trinajstić information content (AvgIpc) is 3.15. The number of nitrogens with zero attached hydrogens (tertiary/aromatic N) is 1. The average molecular weight is 366 g/mol. The van der Waals surface area contributed by atoms with Crippen molar-refractivity contribution in [1.29, 1.82) is 0 Å². The number of hydrogen-bond acceptors (Lipinski definition) is 4. The molecule has 2 aromatic rings. The molecule has 3 amide bonds. The van der Waals surface area contributed by atoms with Gasteiger partial charge in [0.25, 0.3) is 5.91 Å². The minimum Gasteiger partial charge on any atom is -0.491 e. The van der Waals surface area contributed by atoms with Crippen LogP contribution in [-0.4, -0.2) is 41.2 Å². The summed E-state index contributed by atoms with van der Waals surface area (Å²) in [6.45, 7) is 1.89. The van der Waals surface area contributed by atoms with Crippen LogP contribution >= 0.6 is 0 Å². The van der Waals surface area contributed by atoms with Crippen LogP contribution in [0.25, 0.3) is 0 Å². The molecule has 1 fully saturated rings. The number of nitrogens with one attached hydrogen (secondary N) is 1. The van der Waals surface area contributed by atoms with Crippen LogP contribution in [0.2, 0.25) is 0 Å². The minimum absolute atomic E-state index is 0.00368. The summed E-state index contributed by atoms with van der Waals surface area (Å²) in [5, 5.41) is 13.1.